The third-order valence-electron chi connectivity index (χ3n) is 2.70. The maximum absolute atomic E-state index is 13.3. The SMILES string of the molecule is Cl.NC(c1ccc(OC(F)(F)F)c(F)c1)C1CC1. The van der Waals surface area contributed by atoms with Crippen LogP contribution in [-0.4, -0.2) is 6.36 Å². The normalized spacial score (nSPS) is 16.9. The molecular formula is C11H12ClF4NO. The molecule has 0 aliphatic heterocycles. The molecule has 1 aliphatic carbocycles. The van der Waals surface area contributed by atoms with Gasteiger partial charge in [-0.1, -0.05) is 6.07 Å². The molecule has 2 nitrogen and oxygen atoms in total. The predicted molar refractivity (Wildman–Crippen MR) is 60.0 cm³/mol. The van der Waals surface area contributed by atoms with E-state index in [4.69, 9.17) is 5.73 Å². The molecule has 1 aliphatic rings. The summed E-state index contributed by atoms with van der Waals surface area (Å²) in [5.41, 5.74) is 6.32. The van der Waals surface area contributed by atoms with Crippen LogP contribution in [0.15, 0.2) is 18.2 Å². The fourth-order valence-electron chi connectivity index (χ4n) is 1.66. The molecule has 1 aromatic carbocycles. The van der Waals surface area contributed by atoms with Crippen molar-refractivity contribution >= 4 is 12.4 Å². The van der Waals surface area contributed by atoms with Crippen LogP contribution in [0, 0.1) is 11.7 Å². The number of hydrogen-bond donors (Lipinski definition) is 1. The van der Waals surface area contributed by atoms with Crippen LogP contribution >= 0.6 is 12.4 Å². The van der Waals surface area contributed by atoms with Crippen molar-refractivity contribution < 1.29 is 22.3 Å². The molecule has 18 heavy (non-hydrogen) atoms. The minimum atomic E-state index is -4.89. The number of hydrogen-bond acceptors (Lipinski definition) is 2. The Morgan fingerprint density at radius 3 is 2.33 bits per heavy atom. The summed E-state index contributed by atoms with van der Waals surface area (Å²) in [5, 5.41) is 0. The van der Waals surface area contributed by atoms with Gasteiger partial charge in [0.05, 0.1) is 0 Å². The van der Waals surface area contributed by atoms with Gasteiger partial charge < -0.3 is 10.5 Å². The Morgan fingerprint density at radius 1 is 1.28 bits per heavy atom. The molecule has 0 amide bonds. The molecule has 2 N–H and O–H groups in total. The maximum Gasteiger partial charge on any atom is 0.573 e. The monoisotopic (exact) mass is 285 g/mol. The van der Waals surface area contributed by atoms with Gasteiger partial charge in [0.1, 0.15) is 0 Å². The Hall–Kier alpha value is -1.01. The van der Waals surface area contributed by atoms with E-state index in [1.165, 1.54) is 6.07 Å². The Kier molecular flexibility index (Phi) is 4.45. The fraction of sp³-hybridized carbons (Fsp3) is 0.455. The summed E-state index contributed by atoms with van der Waals surface area (Å²) in [7, 11) is 0. The topological polar surface area (TPSA) is 35.2 Å². The zero-order valence-electron chi connectivity index (χ0n) is 9.21. The first-order chi connectivity index (χ1) is 7.87. The van der Waals surface area contributed by atoms with Crippen molar-refractivity contribution in [2.45, 2.75) is 25.2 Å². The summed E-state index contributed by atoms with van der Waals surface area (Å²) < 4.78 is 52.6. The summed E-state index contributed by atoms with van der Waals surface area (Å²) in [6, 6.07) is 3.02. The van der Waals surface area contributed by atoms with Crippen LogP contribution in [0.2, 0.25) is 0 Å². The first-order valence-electron chi connectivity index (χ1n) is 5.17. The van der Waals surface area contributed by atoms with Gasteiger partial charge in [-0.2, -0.15) is 0 Å². The van der Waals surface area contributed by atoms with E-state index in [1.54, 1.807) is 0 Å². The summed E-state index contributed by atoms with van der Waals surface area (Å²) >= 11 is 0. The first-order valence-corrected chi connectivity index (χ1v) is 5.17. The molecule has 1 aromatic rings. The summed E-state index contributed by atoms with van der Waals surface area (Å²) in [6.07, 6.45) is -2.94. The van der Waals surface area contributed by atoms with E-state index in [0.717, 1.165) is 25.0 Å². The van der Waals surface area contributed by atoms with E-state index in [0.29, 0.717) is 11.5 Å². The van der Waals surface area contributed by atoms with E-state index in [1.807, 2.05) is 0 Å². The van der Waals surface area contributed by atoms with E-state index >= 15 is 0 Å². The molecule has 0 saturated heterocycles. The highest BCUT2D eigenvalue weighted by Gasteiger charge is 2.33. The second-order valence-electron chi connectivity index (χ2n) is 4.10. The van der Waals surface area contributed by atoms with Crippen molar-refractivity contribution in [2.24, 2.45) is 11.7 Å². The van der Waals surface area contributed by atoms with E-state index in [9.17, 15) is 17.6 Å². The Balaban J connectivity index is 0.00000162. The third kappa shape index (κ3) is 3.74. The lowest BCUT2D eigenvalue weighted by Crippen LogP contribution is -2.18. The van der Waals surface area contributed by atoms with Gasteiger partial charge >= 0.3 is 6.36 Å². The molecule has 1 unspecified atom stereocenters. The number of nitrogens with two attached hydrogens (primary N) is 1. The lowest BCUT2D eigenvalue weighted by atomic mass is 10.0. The van der Waals surface area contributed by atoms with Gasteiger partial charge in [-0.15, -0.1) is 25.6 Å². The molecule has 0 aromatic heterocycles. The molecule has 0 bridgehead atoms. The average Bonchev–Trinajstić information content (AvgIpc) is 3.01. The highest BCUT2D eigenvalue weighted by Crippen LogP contribution is 2.40. The van der Waals surface area contributed by atoms with Gasteiger partial charge in [0, 0.05) is 6.04 Å². The van der Waals surface area contributed by atoms with Gasteiger partial charge in [-0.25, -0.2) is 4.39 Å². The number of alkyl halides is 3. The van der Waals surface area contributed by atoms with Crippen LogP contribution < -0.4 is 10.5 Å². The Morgan fingerprint density at radius 2 is 1.89 bits per heavy atom. The van der Waals surface area contributed by atoms with Gasteiger partial charge in [0.25, 0.3) is 0 Å². The van der Waals surface area contributed by atoms with Crippen molar-refractivity contribution in [3.63, 3.8) is 0 Å². The van der Waals surface area contributed by atoms with Crippen molar-refractivity contribution in [3.05, 3.63) is 29.6 Å². The first kappa shape index (κ1) is 15.0. The van der Waals surface area contributed by atoms with Crippen LogP contribution in [0.25, 0.3) is 0 Å². The number of rotatable bonds is 3. The van der Waals surface area contributed by atoms with E-state index < -0.39 is 17.9 Å². The van der Waals surface area contributed by atoms with Crippen molar-refractivity contribution in [1.82, 2.24) is 0 Å². The van der Waals surface area contributed by atoms with Crippen molar-refractivity contribution in [2.75, 3.05) is 0 Å². The van der Waals surface area contributed by atoms with E-state index in [2.05, 4.69) is 4.74 Å². The quantitative estimate of drug-likeness (QED) is 0.862. The molecule has 0 radical (unpaired) electrons. The van der Waals surface area contributed by atoms with Crippen LogP contribution in [0.4, 0.5) is 17.6 Å². The molecule has 1 saturated carbocycles. The predicted octanol–water partition coefficient (Wildman–Crippen LogP) is 3.56. The molecule has 1 atom stereocenters. The zero-order chi connectivity index (χ0) is 12.6. The third-order valence-corrected chi connectivity index (χ3v) is 2.70. The zero-order valence-corrected chi connectivity index (χ0v) is 10.0. The second kappa shape index (κ2) is 5.32. The standard InChI is InChI=1S/C11H11F4NO.ClH/c12-8-5-7(10(16)6-1-2-6)3-4-9(8)17-11(13,14)15;/h3-6,10H,1-2,16H2;1H. The summed E-state index contributed by atoms with van der Waals surface area (Å²) in [5.74, 6) is -1.57. The highest BCUT2D eigenvalue weighted by molar-refractivity contribution is 5.85. The maximum atomic E-state index is 13.3. The molecule has 7 heteroatoms. The van der Waals surface area contributed by atoms with Gasteiger partial charge in [-0.05, 0) is 36.5 Å². The molecule has 102 valence electrons. The number of benzene rings is 1. The van der Waals surface area contributed by atoms with Crippen molar-refractivity contribution in [3.8, 4) is 5.75 Å². The number of halogens is 5. The largest absolute Gasteiger partial charge is 0.573 e. The number of ether oxygens (including phenoxy) is 1. The molecule has 0 spiro atoms. The van der Waals surface area contributed by atoms with E-state index in [-0.39, 0.29) is 18.4 Å². The Bertz CT molecular complexity index is 420. The molecular weight excluding hydrogens is 274 g/mol. The van der Waals surface area contributed by atoms with Gasteiger partial charge in [0.15, 0.2) is 11.6 Å². The summed E-state index contributed by atoms with van der Waals surface area (Å²) in [6.45, 7) is 0. The van der Waals surface area contributed by atoms with Gasteiger partial charge in [0.2, 0.25) is 0 Å². The lowest BCUT2D eigenvalue weighted by molar-refractivity contribution is -0.275. The smallest absolute Gasteiger partial charge is 0.403 e. The fourth-order valence-corrected chi connectivity index (χ4v) is 1.66. The molecule has 2 rings (SSSR count). The van der Waals surface area contributed by atoms with Crippen LogP contribution in [0.5, 0.6) is 5.75 Å². The Labute approximate surface area is 108 Å². The summed E-state index contributed by atoms with van der Waals surface area (Å²) in [4.78, 5) is 0. The van der Waals surface area contributed by atoms with Crippen LogP contribution in [0.1, 0.15) is 24.4 Å². The average molecular weight is 286 g/mol. The molecule has 0 heterocycles. The van der Waals surface area contributed by atoms with Crippen LogP contribution in [-0.2, 0) is 0 Å². The second-order valence-corrected chi connectivity index (χ2v) is 4.10. The van der Waals surface area contributed by atoms with Gasteiger partial charge in [-0.3, -0.25) is 0 Å². The van der Waals surface area contributed by atoms with Crippen molar-refractivity contribution in [1.29, 1.82) is 0 Å². The minimum Gasteiger partial charge on any atom is -0.403 e. The highest BCUT2D eigenvalue weighted by atomic mass is 35.5. The lowest BCUT2D eigenvalue weighted by Gasteiger charge is -2.13. The minimum absolute atomic E-state index is 0. The molecule has 1 fully saturated rings. The van der Waals surface area contributed by atoms with Crippen LogP contribution in [0.3, 0.4) is 0 Å².